The minimum absolute atomic E-state index is 0.467. The molecule has 0 radical (unpaired) electrons. The number of rotatable bonds is 6. The molecule has 1 aliphatic heterocycles. The van der Waals surface area contributed by atoms with Crippen molar-refractivity contribution in [2.45, 2.75) is 30.6 Å². The van der Waals surface area contributed by atoms with Gasteiger partial charge >= 0.3 is 0 Å². The number of sulfonamides is 1. The summed E-state index contributed by atoms with van der Waals surface area (Å²) < 4.78 is 32.9. The van der Waals surface area contributed by atoms with Gasteiger partial charge in [0.05, 0.1) is 44.7 Å². The van der Waals surface area contributed by atoms with E-state index in [2.05, 4.69) is 12.1 Å². The van der Waals surface area contributed by atoms with E-state index in [0.29, 0.717) is 18.0 Å². The second kappa shape index (κ2) is 8.23. The fraction of sp³-hybridized carbons (Fsp3) is 0.455. The molecule has 1 heterocycles. The minimum Gasteiger partial charge on any atom is -0.497 e. The maximum Gasteiger partial charge on any atom is 0.243 e. The van der Waals surface area contributed by atoms with Crippen molar-refractivity contribution in [1.82, 2.24) is 4.31 Å². The summed E-state index contributed by atoms with van der Waals surface area (Å²) >= 11 is 0. The molecule has 2 aromatic carbocycles. The molecule has 0 bridgehead atoms. The zero-order valence-electron chi connectivity index (χ0n) is 16.5. The quantitative estimate of drug-likeness (QED) is 0.794. The van der Waals surface area contributed by atoms with Gasteiger partial charge in [-0.15, -0.1) is 0 Å². The minimum atomic E-state index is -3.38. The Morgan fingerprint density at radius 2 is 1.71 bits per heavy atom. The lowest BCUT2D eigenvalue weighted by molar-refractivity contribution is -0.903. The third-order valence-corrected chi connectivity index (χ3v) is 7.96. The zero-order valence-corrected chi connectivity index (χ0v) is 17.3. The van der Waals surface area contributed by atoms with Gasteiger partial charge in [0.25, 0.3) is 0 Å². The molecule has 0 atom stereocenters. The van der Waals surface area contributed by atoms with E-state index in [1.807, 2.05) is 24.3 Å². The number of methoxy groups -OCH3 is 1. The maximum atomic E-state index is 13.0. The van der Waals surface area contributed by atoms with Crippen LogP contribution in [0.4, 0.5) is 0 Å². The highest BCUT2D eigenvalue weighted by molar-refractivity contribution is 7.89. The molecule has 1 saturated heterocycles. The van der Waals surface area contributed by atoms with Gasteiger partial charge in [0, 0.05) is 6.42 Å². The lowest BCUT2D eigenvalue weighted by atomic mass is 10.1. The molecular formula is C22H29N2O3S+. The van der Waals surface area contributed by atoms with Crippen LogP contribution in [0.1, 0.15) is 23.1 Å². The van der Waals surface area contributed by atoms with E-state index in [1.54, 1.807) is 17.5 Å². The van der Waals surface area contributed by atoms with Crippen LogP contribution in [0.3, 0.4) is 0 Å². The number of piperazine rings is 1. The van der Waals surface area contributed by atoms with E-state index in [0.717, 1.165) is 51.1 Å². The van der Waals surface area contributed by atoms with Crippen LogP contribution in [0.15, 0.2) is 47.4 Å². The molecule has 0 spiro atoms. The van der Waals surface area contributed by atoms with E-state index in [-0.39, 0.29) is 0 Å². The van der Waals surface area contributed by atoms with Crippen molar-refractivity contribution in [2.75, 3.05) is 39.8 Å². The Morgan fingerprint density at radius 1 is 1.00 bits per heavy atom. The number of ether oxygens (including phenoxy) is 1. The molecule has 1 aliphatic carbocycles. The van der Waals surface area contributed by atoms with Crippen molar-refractivity contribution in [3.63, 3.8) is 0 Å². The van der Waals surface area contributed by atoms with Crippen molar-refractivity contribution in [3.8, 4) is 5.75 Å². The van der Waals surface area contributed by atoms with Crippen LogP contribution in [0, 0.1) is 0 Å². The largest absolute Gasteiger partial charge is 0.497 e. The average Bonchev–Trinajstić information content (AvgIpc) is 3.21. The van der Waals surface area contributed by atoms with E-state index in [1.165, 1.54) is 21.6 Å². The average molecular weight is 402 g/mol. The van der Waals surface area contributed by atoms with Gasteiger partial charge in [0.2, 0.25) is 10.0 Å². The summed E-state index contributed by atoms with van der Waals surface area (Å²) in [6.07, 6.45) is 4.21. The molecule has 1 N–H and O–H groups in total. The number of quaternary nitrogens is 1. The number of aryl methyl sites for hydroxylation is 2. The Balaban J connectivity index is 1.33. The van der Waals surface area contributed by atoms with E-state index >= 15 is 0 Å². The second-order valence-corrected chi connectivity index (χ2v) is 9.72. The van der Waals surface area contributed by atoms with Crippen LogP contribution >= 0.6 is 0 Å². The molecular weight excluding hydrogens is 372 g/mol. The normalized spacial score (nSPS) is 18.2. The fourth-order valence-electron chi connectivity index (χ4n) is 4.26. The van der Waals surface area contributed by atoms with Crippen molar-refractivity contribution in [1.29, 1.82) is 0 Å². The fourth-order valence-corrected chi connectivity index (χ4v) is 5.76. The number of nitrogens with zero attached hydrogens (tertiary/aromatic N) is 1. The first-order valence-electron chi connectivity index (χ1n) is 10.1. The molecule has 4 rings (SSSR count). The molecule has 5 nitrogen and oxygen atoms in total. The predicted octanol–water partition coefficient (Wildman–Crippen LogP) is 1.32. The molecule has 6 heteroatoms. The van der Waals surface area contributed by atoms with Gasteiger partial charge in [0.15, 0.2) is 0 Å². The van der Waals surface area contributed by atoms with Crippen molar-refractivity contribution >= 4 is 10.0 Å². The SMILES string of the molecule is COc1ccc(CC[NH+]2CCN(S(=O)(=O)c3ccc4c(c3)CCC4)CC2)cc1. The lowest BCUT2D eigenvalue weighted by Gasteiger charge is -2.31. The third kappa shape index (κ3) is 4.09. The summed E-state index contributed by atoms with van der Waals surface area (Å²) in [7, 11) is -1.70. The Kier molecular flexibility index (Phi) is 5.71. The summed E-state index contributed by atoms with van der Waals surface area (Å²) in [5.41, 5.74) is 3.82. The molecule has 0 amide bonds. The number of nitrogens with one attached hydrogen (secondary N) is 1. The Hall–Kier alpha value is -1.89. The van der Waals surface area contributed by atoms with Gasteiger partial charge in [-0.2, -0.15) is 4.31 Å². The van der Waals surface area contributed by atoms with Crippen molar-refractivity contribution in [3.05, 3.63) is 59.2 Å². The Bertz CT molecular complexity index is 917. The summed E-state index contributed by atoms with van der Waals surface area (Å²) in [5, 5.41) is 0. The van der Waals surface area contributed by atoms with Gasteiger partial charge < -0.3 is 9.64 Å². The molecule has 150 valence electrons. The number of hydrogen-bond acceptors (Lipinski definition) is 3. The molecule has 0 aromatic heterocycles. The Labute approximate surface area is 168 Å². The number of fused-ring (bicyclic) bond motifs is 1. The van der Waals surface area contributed by atoms with Gasteiger partial charge in [-0.3, -0.25) is 0 Å². The van der Waals surface area contributed by atoms with Gasteiger partial charge in [0.1, 0.15) is 5.75 Å². The lowest BCUT2D eigenvalue weighted by Crippen LogP contribution is -3.15. The second-order valence-electron chi connectivity index (χ2n) is 7.79. The zero-order chi connectivity index (χ0) is 19.6. The Morgan fingerprint density at radius 3 is 2.43 bits per heavy atom. The van der Waals surface area contributed by atoms with E-state index < -0.39 is 10.0 Å². The van der Waals surface area contributed by atoms with Crippen LogP contribution in [0.2, 0.25) is 0 Å². The first-order valence-corrected chi connectivity index (χ1v) is 11.6. The molecule has 1 fully saturated rings. The topological polar surface area (TPSA) is 51.1 Å². The third-order valence-electron chi connectivity index (χ3n) is 6.06. The smallest absolute Gasteiger partial charge is 0.243 e. The highest BCUT2D eigenvalue weighted by atomic mass is 32.2. The van der Waals surface area contributed by atoms with Gasteiger partial charge in [-0.05, 0) is 60.2 Å². The summed E-state index contributed by atoms with van der Waals surface area (Å²) in [6, 6.07) is 13.9. The highest BCUT2D eigenvalue weighted by Crippen LogP contribution is 2.26. The van der Waals surface area contributed by atoms with E-state index in [9.17, 15) is 8.42 Å². The van der Waals surface area contributed by atoms with Crippen LogP contribution in [0.5, 0.6) is 5.75 Å². The highest BCUT2D eigenvalue weighted by Gasteiger charge is 2.30. The molecule has 0 unspecified atom stereocenters. The maximum absolute atomic E-state index is 13.0. The van der Waals surface area contributed by atoms with Crippen molar-refractivity contribution in [2.24, 2.45) is 0 Å². The van der Waals surface area contributed by atoms with Crippen LogP contribution in [-0.2, 0) is 29.3 Å². The van der Waals surface area contributed by atoms with Crippen LogP contribution in [0.25, 0.3) is 0 Å². The predicted molar refractivity (Wildman–Crippen MR) is 109 cm³/mol. The summed E-state index contributed by atoms with van der Waals surface area (Å²) in [5.74, 6) is 0.876. The molecule has 2 aromatic rings. The summed E-state index contributed by atoms with van der Waals surface area (Å²) in [6.45, 7) is 3.94. The van der Waals surface area contributed by atoms with Crippen LogP contribution in [-0.4, -0.2) is 52.6 Å². The van der Waals surface area contributed by atoms with Gasteiger partial charge in [-0.1, -0.05) is 18.2 Å². The van der Waals surface area contributed by atoms with Crippen molar-refractivity contribution < 1.29 is 18.1 Å². The van der Waals surface area contributed by atoms with E-state index in [4.69, 9.17) is 4.74 Å². The van der Waals surface area contributed by atoms with Gasteiger partial charge in [-0.25, -0.2) is 8.42 Å². The summed E-state index contributed by atoms with van der Waals surface area (Å²) in [4.78, 5) is 1.94. The standard InChI is InChI=1S/C22H28N2O3S/c1-27-21-8-5-18(6-9-21)11-12-23-13-15-24(16-14-23)28(25,26)22-10-7-19-3-2-4-20(19)17-22/h5-10,17H,2-4,11-16H2,1H3/p+1. The molecule has 0 saturated carbocycles. The monoisotopic (exact) mass is 401 g/mol. The molecule has 2 aliphatic rings. The van der Waals surface area contributed by atoms with Crippen LogP contribution < -0.4 is 9.64 Å². The first kappa shape index (κ1) is 19.4. The first-order chi connectivity index (χ1) is 13.6. The number of hydrogen-bond donors (Lipinski definition) is 1. The number of benzene rings is 2. The molecule has 28 heavy (non-hydrogen) atoms.